The molecular weight excluding hydrogens is 314 g/mol. The number of piperidine rings is 1. The molecule has 0 radical (unpaired) electrons. The van der Waals surface area contributed by atoms with Gasteiger partial charge in [0.25, 0.3) is 0 Å². The summed E-state index contributed by atoms with van der Waals surface area (Å²) in [5.74, 6) is 0.506. The second-order valence-corrected chi connectivity index (χ2v) is 7.52. The number of carbonyl (C=O) groups is 2. The van der Waals surface area contributed by atoms with Crippen molar-refractivity contribution in [3.63, 3.8) is 0 Å². The Hall–Kier alpha value is -1.88. The second-order valence-electron chi connectivity index (χ2n) is 7.52. The minimum atomic E-state index is -0.246. The number of nitrogens with zero attached hydrogens (tertiary/aromatic N) is 2. The molecule has 0 saturated carbocycles. The molecule has 2 atom stereocenters. The van der Waals surface area contributed by atoms with Crippen LogP contribution in [-0.2, 0) is 16.0 Å². The molecule has 136 valence electrons. The van der Waals surface area contributed by atoms with E-state index < -0.39 is 0 Å². The van der Waals surface area contributed by atoms with Crippen LogP contribution >= 0.6 is 0 Å². The van der Waals surface area contributed by atoms with Gasteiger partial charge in [-0.25, -0.2) is 0 Å². The molecule has 0 spiro atoms. The zero-order chi connectivity index (χ0) is 17.8. The van der Waals surface area contributed by atoms with Gasteiger partial charge in [0.05, 0.1) is 12.0 Å². The Bertz CT molecular complexity index is 596. The van der Waals surface area contributed by atoms with Crippen LogP contribution in [0.3, 0.4) is 0 Å². The van der Waals surface area contributed by atoms with E-state index in [-0.39, 0.29) is 23.8 Å². The van der Waals surface area contributed by atoms with E-state index in [2.05, 4.69) is 29.2 Å². The summed E-state index contributed by atoms with van der Waals surface area (Å²) in [7, 11) is 0. The zero-order valence-corrected chi connectivity index (χ0v) is 15.1. The minimum absolute atomic E-state index is 0.105. The van der Waals surface area contributed by atoms with Crippen molar-refractivity contribution in [2.45, 2.75) is 38.6 Å². The lowest BCUT2D eigenvalue weighted by molar-refractivity contribution is -0.137. The molecule has 2 N–H and O–H groups in total. The molecule has 0 aromatic heterocycles. The van der Waals surface area contributed by atoms with Crippen molar-refractivity contribution in [1.29, 1.82) is 0 Å². The van der Waals surface area contributed by atoms with Crippen LogP contribution in [0, 0.1) is 11.8 Å². The van der Waals surface area contributed by atoms with E-state index in [1.54, 1.807) is 0 Å². The summed E-state index contributed by atoms with van der Waals surface area (Å²) in [6, 6.07) is 10.4. The molecule has 1 aromatic carbocycles. The first-order valence-electron chi connectivity index (χ1n) is 9.40. The number of hydrogen-bond acceptors (Lipinski definition) is 3. The maximum absolute atomic E-state index is 12.8. The van der Waals surface area contributed by atoms with Crippen LogP contribution in [0.1, 0.15) is 31.7 Å². The van der Waals surface area contributed by atoms with Crippen LogP contribution in [0.5, 0.6) is 0 Å². The van der Waals surface area contributed by atoms with Crippen LogP contribution < -0.4 is 5.73 Å². The normalized spacial score (nSPS) is 23.6. The standard InChI is InChI=1S/C20H29N3O2/c1-15(23-12-9-18(14-23)19(21)24)20(25)22-10-7-17(8-11-22)13-16-5-3-2-4-6-16/h2-6,15,17-18H,7-14H2,1H3,(H2,21,24)/t15-,18-/m0/s1. The summed E-state index contributed by atoms with van der Waals surface area (Å²) in [6.07, 6.45) is 4.01. The molecular formula is C20H29N3O2. The summed E-state index contributed by atoms with van der Waals surface area (Å²) < 4.78 is 0. The predicted molar refractivity (Wildman–Crippen MR) is 97.8 cm³/mol. The lowest BCUT2D eigenvalue weighted by Crippen LogP contribution is -2.49. The van der Waals surface area contributed by atoms with Crippen LogP contribution in [0.2, 0.25) is 0 Å². The van der Waals surface area contributed by atoms with Crippen molar-refractivity contribution in [3.8, 4) is 0 Å². The molecule has 2 saturated heterocycles. The monoisotopic (exact) mass is 343 g/mol. The highest BCUT2D eigenvalue weighted by Crippen LogP contribution is 2.24. The minimum Gasteiger partial charge on any atom is -0.369 e. The van der Waals surface area contributed by atoms with Gasteiger partial charge in [0.2, 0.25) is 11.8 Å². The lowest BCUT2D eigenvalue weighted by atomic mass is 9.90. The molecule has 2 amide bonds. The van der Waals surface area contributed by atoms with E-state index in [0.717, 1.165) is 45.3 Å². The molecule has 5 nitrogen and oxygen atoms in total. The van der Waals surface area contributed by atoms with E-state index in [4.69, 9.17) is 5.73 Å². The first-order valence-corrected chi connectivity index (χ1v) is 9.40. The largest absolute Gasteiger partial charge is 0.369 e. The third-order valence-electron chi connectivity index (χ3n) is 5.82. The molecule has 2 fully saturated rings. The Morgan fingerprint density at radius 1 is 1.12 bits per heavy atom. The first kappa shape index (κ1) is 17.9. The highest BCUT2D eigenvalue weighted by Gasteiger charge is 2.34. The van der Waals surface area contributed by atoms with Crippen molar-refractivity contribution >= 4 is 11.8 Å². The molecule has 2 aliphatic heterocycles. The number of carbonyl (C=O) groups excluding carboxylic acids is 2. The maximum Gasteiger partial charge on any atom is 0.239 e. The van der Waals surface area contributed by atoms with Crippen molar-refractivity contribution in [2.24, 2.45) is 17.6 Å². The molecule has 0 aliphatic carbocycles. The molecule has 1 aromatic rings. The number of primary amides is 1. The summed E-state index contributed by atoms with van der Waals surface area (Å²) in [6.45, 7) is 5.04. The van der Waals surface area contributed by atoms with Gasteiger partial charge >= 0.3 is 0 Å². The fraction of sp³-hybridized carbons (Fsp3) is 0.600. The van der Waals surface area contributed by atoms with E-state index in [9.17, 15) is 9.59 Å². The van der Waals surface area contributed by atoms with E-state index in [0.29, 0.717) is 12.5 Å². The summed E-state index contributed by atoms with van der Waals surface area (Å²) in [4.78, 5) is 28.2. The smallest absolute Gasteiger partial charge is 0.239 e. The second kappa shape index (κ2) is 8.00. The third kappa shape index (κ3) is 4.40. The quantitative estimate of drug-likeness (QED) is 0.884. The highest BCUT2D eigenvalue weighted by atomic mass is 16.2. The number of rotatable bonds is 5. The Morgan fingerprint density at radius 2 is 1.80 bits per heavy atom. The third-order valence-corrected chi connectivity index (χ3v) is 5.82. The first-order chi connectivity index (χ1) is 12.0. The average Bonchev–Trinajstić information content (AvgIpc) is 3.12. The number of likely N-dealkylation sites (tertiary alicyclic amines) is 2. The topological polar surface area (TPSA) is 66.6 Å². The summed E-state index contributed by atoms with van der Waals surface area (Å²) in [5.41, 5.74) is 6.78. The Kier molecular flexibility index (Phi) is 5.74. The van der Waals surface area contributed by atoms with Gasteiger partial charge in [-0.1, -0.05) is 30.3 Å². The fourth-order valence-corrected chi connectivity index (χ4v) is 4.10. The van der Waals surface area contributed by atoms with Gasteiger partial charge in [0.15, 0.2) is 0 Å². The number of amides is 2. The van der Waals surface area contributed by atoms with Crippen molar-refractivity contribution < 1.29 is 9.59 Å². The molecule has 2 heterocycles. The SMILES string of the molecule is C[C@@H](C(=O)N1CCC(Cc2ccccc2)CC1)N1CC[C@H](C(N)=O)C1. The maximum atomic E-state index is 12.8. The molecule has 25 heavy (non-hydrogen) atoms. The van der Waals surface area contributed by atoms with Gasteiger partial charge in [-0.15, -0.1) is 0 Å². The molecule has 3 rings (SSSR count). The highest BCUT2D eigenvalue weighted by molar-refractivity contribution is 5.82. The lowest BCUT2D eigenvalue weighted by Gasteiger charge is -2.35. The number of hydrogen-bond donors (Lipinski definition) is 1. The van der Waals surface area contributed by atoms with Crippen LogP contribution in [0.25, 0.3) is 0 Å². The van der Waals surface area contributed by atoms with Gasteiger partial charge in [-0.3, -0.25) is 14.5 Å². The predicted octanol–water partition coefficient (Wildman–Crippen LogP) is 1.66. The molecule has 2 aliphatic rings. The Morgan fingerprint density at radius 3 is 2.40 bits per heavy atom. The molecule has 5 heteroatoms. The summed E-state index contributed by atoms with van der Waals surface area (Å²) in [5, 5.41) is 0. The van der Waals surface area contributed by atoms with Crippen LogP contribution in [0.4, 0.5) is 0 Å². The van der Waals surface area contributed by atoms with E-state index >= 15 is 0 Å². The average molecular weight is 343 g/mol. The van der Waals surface area contributed by atoms with Gasteiger partial charge in [-0.05, 0) is 50.6 Å². The van der Waals surface area contributed by atoms with Crippen LogP contribution in [0.15, 0.2) is 30.3 Å². The summed E-state index contributed by atoms with van der Waals surface area (Å²) >= 11 is 0. The van der Waals surface area contributed by atoms with Crippen LogP contribution in [-0.4, -0.2) is 53.8 Å². The number of nitrogens with two attached hydrogens (primary N) is 1. The Labute approximate surface area is 150 Å². The van der Waals surface area contributed by atoms with Crippen molar-refractivity contribution in [3.05, 3.63) is 35.9 Å². The zero-order valence-electron chi connectivity index (χ0n) is 15.1. The van der Waals surface area contributed by atoms with Crippen molar-refractivity contribution in [2.75, 3.05) is 26.2 Å². The van der Waals surface area contributed by atoms with Crippen molar-refractivity contribution in [1.82, 2.24) is 9.80 Å². The van der Waals surface area contributed by atoms with Gasteiger partial charge in [0, 0.05) is 19.6 Å². The van der Waals surface area contributed by atoms with Gasteiger partial charge in [-0.2, -0.15) is 0 Å². The van der Waals surface area contributed by atoms with E-state index in [1.165, 1.54) is 5.56 Å². The van der Waals surface area contributed by atoms with Gasteiger partial charge < -0.3 is 10.6 Å². The molecule has 0 bridgehead atoms. The van der Waals surface area contributed by atoms with E-state index in [1.807, 2.05) is 17.9 Å². The Balaban J connectivity index is 1.47. The fourth-order valence-electron chi connectivity index (χ4n) is 4.10. The molecule has 0 unspecified atom stereocenters. The number of benzene rings is 1. The van der Waals surface area contributed by atoms with Gasteiger partial charge in [0.1, 0.15) is 0 Å².